The van der Waals surface area contributed by atoms with Gasteiger partial charge in [0.2, 0.25) is 0 Å². The third kappa shape index (κ3) is 4.05. The molecule has 0 bridgehead atoms. The predicted octanol–water partition coefficient (Wildman–Crippen LogP) is 3.67. The van der Waals surface area contributed by atoms with Gasteiger partial charge in [0, 0.05) is 0 Å². The molecule has 0 amide bonds. The van der Waals surface area contributed by atoms with Crippen LogP contribution in [-0.2, 0) is 4.74 Å². The van der Waals surface area contributed by atoms with Gasteiger partial charge in [0.25, 0.3) is 0 Å². The second-order valence-corrected chi connectivity index (χ2v) is 5.11. The van der Waals surface area contributed by atoms with Gasteiger partial charge in [-0.25, -0.2) is 4.79 Å². The zero-order chi connectivity index (χ0) is 12.2. The predicted molar refractivity (Wildman–Crippen MR) is 65.4 cm³/mol. The van der Waals surface area contributed by atoms with Crippen LogP contribution in [0.1, 0.15) is 44.5 Å². The number of hydrogen-bond donors (Lipinski definition) is 0. The van der Waals surface area contributed by atoms with Crippen LogP contribution in [0, 0.1) is 5.92 Å². The Morgan fingerprint density at radius 3 is 2.31 bits per heavy atom. The van der Waals surface area contributed by atoms with Crippen LogP contribution in [0.25, 0.3) is 0 Å². The van der Waals surface area contributed by atoms with E-state index < -0.39 is 5.60 Å². The lowest BCUT2D eigenvalue weighted by molar-refractivity contribution is -0.00944. The van der Waals surface area contributed by atoms with Gasteiger partial charge in [-0.2, -0.15) is 0 Å². The number of esters is 1. The molecule has 0 aliphatic rings. The van der Waals surface area contributed by atoms with Crippen LogP contribution in [0.4, 0.5) is 0 Å². The van der Waals surface area contributed by atoms with E-state index in [4.69, 9.17) is 4.74 Å². The third-order valence-electron chi connectivity index (χ3n) is 2.28. The Morgan fingerprint density at radius 1 is 1.25 bits per heavy atom. The molecule has 1 aromatic rings. The van der Waals surface area contributed by atoms with Crippen molar-refractivity contribution in [3.63, 3.8) is 0 Å². The van der Waals surface area contributed by atoms with Crippen LogP contribution in [0.5, 0.6) is 0 Å². The molecule has 2 nitrogen and oxygen atoms in total. The van der Waals surface area contributed by atoms with Crippen molar-refractivity contribution in [1.29, 1.82) is 0 Å². The lowest BCUT2D eigenvalue weighted by atomic mass is 9.96. The summed E-state index contributed by atoms with van der Waals surface area (Å²) >= 11 is 0. The fraction of sp³-hybridized carbons (Fsp3) is 0.500. The van der Waals surface area contributed by atoms with Crippen molar-refractivity contribution in [2.45, 2.75) is 39.7 Å². The molecule has 0 radical (unpaired) electrons. The van der Waals surface area contributed by atoms with E-state index in [0.717, 1.165) is 6.42 Å². The summed E-state index contributed by atoms with van der Waals surface area (Å²) in [5, 5.41) is 0. The Kier molecular flexibility index (Phi) is 4.11. The van der Waals surface area contributed by atoms with Crippen LogP contribution in [0.15, 0.2) is 30.3 Å². The van der Waals surface area contributed by atoms with Gasteiger partial charge in [-0.3, -0.25) is 0 Å². The van der Waals surface area contributed by atoms with E-state index in [-0.39, 0.29) is 5.97 Å². The van der Waals surface area contributed by atoms with Gasteiger partial charge >= 0.3 is 5.97 Å². The van der Waals surface area contributed by atoms with E-state index in [1.54, 1.807) is 12.1 Å². The summed E-state index contributed by atoms with van der Waals surface area (Å²) < 4.78 is 5.50. The average Bonchev–Trinajstić information content (AvgIpc) is 2.16. The fourth-order valence-corrected chi connectivity index (χ4v) is 1.91. The Balaban J connectivity index is 2.64. The average molecular weight is 220 g/mol. The molecule has 0 unspecified atom stereocenters. The molecule has 0 saturated carbocycles. The summed E-state index contributed by atoms with van der Waals surface area (Å²) in [5.41, 5.74) is 0.209. The molecule has 0 aliphatic heterocycles. The highest BCUT2D eigenvalue weighted by Gasteiger charge is 2.24. The number of carbonyl (C=O) groups is 1. The maximum absolute atomic E-state index is 11.8. The largest absolute Gasteiger partial charge is 0.456 e. The zero-order valence-electron chi connectivity index (χ0n) is 10.5. The summed E-state index contributed by atoms with van der Waals surface area (Å²) in [7, 11) is 0. The fourth-order valence-electron chi connectivity index (χ4n) is 1.91. The van der Waals surface area contributed by atoms with Crippen molar-refractivity contribution >= 4 is 5.97 Å². The minimum absolute atomic E-state index is 0.244. The highest BCUT2D eigenvalue weighted by molar-refractivity contribution is 5.89. The van der Waals surface area contributed by atoms with Crippen molar-refractivity contribution in [2.24, 2.45) is 5.92 Å². The van der Waals surface area contributed by atoms with Crippen LogP contribution in [-0.4, -0.2) is 11.6 Å². The molecule has 1 aromatic carbocycles. The first-order valence-electron chi connectivity index (χ1n) is 5.69. The molecule has 0 N–H and O–H groups in total. The molecule has 2 heteroatoms. The third-order valence-corrected chi connectivity index (χ3v) is 2.28. The van der Waals surface area contributed by atoms with Crippen molar-refractivity contribution in [3.8, 4) is 0 Å². The van der Waals surface area contributed by atoms with E-state index in [1.807, 2.05) is 32.0 Å². The monoisotopic (exact) mass is 220 g/mol. The Morgan fingerprint density at radius 2 is 1.81 bits per heavy atom. The highest BCUT2D eigenvalue weighted by Crippen LogP contribution is 2.21. The van der Waals surface area contributed by atoms with E-state index in [1.165, 1.54) is 0 Å². The summed E-state index contributed by atoms with van der Waals surface area (Å²) in [6.45, 7) is 8.15. The zero-order valence-corrected chi connectivity index (χ0v) is 10.5. The SMILES string of the molecule is CC(C)CC(C)(C)OC(=O)c1ccccc1. The maximum atomic E-state index is 11.8. The number of benzene rings is 1. The van der Waals surface area contributed by atoms with Gasteiger partial charge in [0.15, 0.2) is 0 Å². The molecule has 0 atom stereocenters. The van der Waals surface area contributed by atoms with Crippen LogP contribution < -0.4 is 0 Å². The van der Waals surface area contributed by atoms with Gasteiger partial charge in [-0.05, 0) is 38.3 Å². The van der Waals surface area contributed by atoms with E-state index in [9.17, 15) is 4.79 Å². The minimum Gasteiger partial charge on any atom is -0.456 e. The van der Waals surface area contributed by atoms with Crippen LogP contribution in [0.3, 0.4) is 0 Å². The van der Waals surface area contributed by atoms with Gasteiger partial charge in [-0.1, -0.05) is 32.0 Å². The van der Waals surface area contributed by atoms with Gasteiger partial charge in [0.1, 0.15) is 5.60 Å². The summed E-state index contributed by atoms with van der Waals surface area (Å²) in [6, 6.07) is 9.11. The lowest BCUT2D eigenvalue weighted by Crippen LogP contribution is -2.29. The molecule has 0 saturated heterocycles. The second kappa shape index (κ2) is 5.15. The van der Waals surface area contributed by atoms with E-state index in [2.05, 4.69) is 13.8 Å². The molecule has 0 aromatic heterocycles. The molecule has 0 heterocycles. The van der Waals surface area contributed by atoms with Gasteiger partial charge in [-0.15, -0.1) is 0 Å². The first kappa shape index (κ1) is 12.8. The Labute approximate surface area is 97.6 Å². The molecule has 0 spiro atoms. The Hall–Kier alpha value is -1.31. The van der Waals surface area contributed by atoms with Gasteiger partial charge < -0.3 is 4.74 Å². The lowest BCUT2D eigenvalue weighted by Gasteiger charge is -2.26. The molecular weight excluding hydrogens is 200 g/mol. The standard InChI is InChI=1S/C14H20O2/c1-11(2)10-14(3,4)16-13(15)12-8-6-5-7-9-12/h5-9,11H,10H2,1-4H3. The molecule has 0 aliphatic carbocycles. The van der Waals surface area contributed by atoms with Crippen LogP contribution in [0.2, 0.25) is 0 Å². The van der Waals surface area contributed by atoms with Gasteiger partial charge in [0.05, 0.1) is 5.56 Å². The van der Waals surface area contributed by atoms with Crippen LogP contribution >= 0.6 is 0 Å². The van der Waals surface area contributed by atoms with Crippen molar-refractivity contribution in [2.75, 3.05) is 0 Å². The maximum Gasteiger partial charge on any atom is 0.338 e. The smallest absolute Gasteiger partial charge is 0.338 e. The number of ether oxygens (including phenoxy) is 1. The number of hydrogen-bond acceptors (Lipinski definition) is 2. The molecule has 88 valence electrons. The summed E-state index contributed by atoms with van der Waals surface area (Å²) in [4.78, 5) is 11.8. The van der Waals surface area contributed by atoms with Crippen molar-refractivity contribution in [1.82, 2.24) is 0 Å². The normalized spacial score (nSPS) is 11.6. The summed E-state index contributed by atoms with van der Waals surface area (Å²) in [5.74, 6) is 0.268. The van der Waals surface area contributed by atoms with E-state index >= 15 is 0 Å². The first-order valence-corrected chi connectivity index (χ1v) is 5.69. The number of rotatable bonds is 4. The Bertz CT molecular complexity index is 339. The quantitative estimate of drug-likeness (QED) is 0.724. The van der Waals surface area contributed by atoms with Crippen molar-refractivity contribution in [3.05, 3.63) is 35.9 Å². The molecular formula is C14H20O2. The minimum atomic E-state index is -0.402. The molecule has 16 heavy (non-hydrogen) atoms. The molecule has 1 rings (SSSR count). The topological polar surface area (TPSA) is 26.3 Å². The van der Waals surface area contributed by atoms with Crippen molar-refractivity contribution < 1.29 is 9.53 Å². The first-order chi connectivity index (χ1) is 7.41. The van der Waals surface area contributed by atoms with E-state index in [0.29, 0.717) is 11.5 Å². The number of carbonyl (C=O) groups excluding carboxylic acids is 1. The summed E-state index contributed by atoms with van der Waals surface area (Å²) in [6.07, 6.45) is 0.867. The molecule has 0 fully saturated rings. The second-order valence-electron chi connectivity index (χ2n) is 5.11. The highest BCUT2D eigenvalue weighted by atomic mass is 16.6.